The molecule has 2 aromatic rings. The van der Waals surface area contributed by atoms with Gasteiger partial charge in [-0.25, -0.2) is 9.97 Å². The van der Waals surface area contributed by atoms with Gasteiger partial charge in [-0.2, -0.15) is 18.2 Å². The van der Waals surface area contributed by atoms with Crippen LogP contribution in [0.3, 0.4) is 0 Å². The van der Waals surface area contributed by atoms with Gasteiger partial charge in [0.2, 0.25) is 5.95 Å². The SMILES string of the molecule is COCCCn1cnc(Nc2ncc(C(F)(F)F)c(NC3(C)CC3)n2)cc1=O. The molecule has 1 aliphatic rings. The van der Waals surface area contributed by atoms with Crippen LogP contribution in [0, 0.1) is 0 Å². The molecular formula is C17H21F3N6O2. The maximum Gasteiger partial charge on any atom is 0.421 e. The lowest BCUT2D eigenvalue weighted by Crippen LogP contribution is -2.22. The molecule has 0 atom stereocenters. The normalized spacial score (nSPS) is 15.3. The van der Waals surface area contributed by atoms with Crippen LogP contribution in [0.2, 0.25) is 0 Å². The second-order valence-electron chi connectivity index (χ2n) is 6.92. The molecule has 11 heteroatoms. The van der Waals surface area contributed by atoms with Crippen LogP contribution in [0.15, 0.2) is 23.4 Å². The number of alkyl halides is 3. The Morgan fingerprint density at radius 2 is 2.07 bits per heavy atom. The van der Waals surface area contributed by atoms with Crippen molar-refractivity contribution in [2.45, 2.75) is 44.4 Å². The molecule has 0 radical (unpaired) electrons. The van der Waals surface area contributed by atoms with Crippen LogP contribution in [0.1, 0.15) is 31.7 Å². The number of halogens is 3. The fourth-order valence-electron chi connectivity index (χ4n) is 2.50. The Bertz CT molecular complexity index is 895. The van der Waals surface area contributed by atoms with Gasteiger partial charge in [0, 0.05) is 38.1 Å². The van der Waals surface area contributed by atoms with Crippen LogP contribution < -0.4 is 16.2 Å². The smallest absolute Gasteiger partial charge is 0.385 e. The maximum absolute atomic E-state index is 13.2. The van der Waals surface area contributed by atoms with E-state index in [2.05, 4.69) is 25.6 Å². The Balaban J connectivity index is 1.79. The predicted molar refractivity (Wildman–Crippen MR) is 96.6 cm³/mol. The van der Waals surface area contributed by atoms with Gasteiger partial charge in [-0.05, 0) is 26.2 Å². The average molecular weight is 398 g/mol. The van der Waals surface area contributed by atoms with Gasteiger partial charge >= 0.3 is 6.18 Å². The number of nitrogens with one attached hydrogen (secondary N) is 2. The van der Waals surface area contributed by atoms with Crippen LogP contribution >= 0.6 is 0 Å². The molecule has 0 aliphatic heterocycles. The zero-order chi connectivity index (χ0) is 20.4. The zero-order valence-corrected chi connectivity index (χ0v) is 15.5. The first-order valence-electron chi connectivity index (χ1n) is 8.75. The van der Waals surface area contributed by atoms with Gasteiger partial charge in [-0.15, -0.1) is 0 Å². The molecule has 0 amide bonds. The number of aryl methyl sites for hydroxylation is 1. The number of ether oxygens (including phenoxy) is 1. The molecule has 0 aromatic carbocycles. The van der Waals surface area contributed by atoms with Crippen LogP contribution in [0.4, 0.5) is 30.8 Å². The molecule has 0 saturated heterocycles. The van der Waals surface area contributed by atoms with Gasteiger partial charge in [-0.1, -0.05) is 0 Å². The van der Waals surface area contributed by atoms with Crippen molar-refractivity contribution in [3.63, 3.8) is 0 Å². The molecule has 3 rings (SSSR count). The summed E-state index contributed by atoms with van der Waals surface area (Å²) in [5.41, 5.74) is -1.64. The summed E-state index contributed by atoms with van der Waals surface area (Å²) in [5.74, 6) is -0.224. The first-order chi connectivity index (χ1) is 13.2. The number of hydrogen-bond acceptors (Lipinski definition) is 7. The largest absolute Gasteiger partial charge is 0.421 e. The highest BCUT2D eigenvalue weighted by molar-refractivity contribution is 5.55. The lowest BCUT2D eigenvalue weighted by molar-refractivity contribution is -0.137. The Morgan fingerprint density at radius 1 is 1.32 bits per heavy atom. The highest BCUT2D eigenvalue weighted by atomic mass is 19.4. The third-order valence-corrected chi connectivity index (χ3v) is 4.38. The number of rotatable bonds is 8. The lowest BCUT2D eigenvalue weighted by atomic mass is 10.2. The Kier molecular flexibility index (Phi) is 5.54. The first kappa shape index (κ1) is 20.1. The molecule has 2 heterocycles. The van der Waals surface area contributed by atoms with E-state index in [1.807, 2.05) is 6.92 Å². The summed E-state index contributed by atoms with van der Waals surface area (Å²) in [4.78, 5) is 23.9. The van der Waals surface area contributed by atoms with Gasteiger partial charge in [0.05, 0.1) is 6.33 Å². The fraction of sp³-hybridized carbons (Fsp3) is 0.529. The fourth-order valence-corrected chi connectivity index (χ4v) is 2.50. The van der Waals surface area contributed by atoms with Crippen molar-refractivity contribution in [2.24, 2.45) is 0 Å². The Morgan fingerprint density at radius 3 is 2.68 bits per heavy atom. The minimum Gasteiger partial charge on any atom is -0.385 e. The molecule has 0 bridgehead atoms. The molecule has 152 valence electrons. The Hall–Kier alpha value is -2.69. The number of hydrogen-bond donors (Lipinski definition) is 2. The first-order valence-corrected chi connectivity index (χ1v) is 8.75. The van der Waals surface area contributed by atoms with Crippen molar-refractivity contribution in [1.82, 2.24) is 19.5 Å². The standard InChI is InChI=1S/C17H21F3N6O2/c1-16(4-5-16)25-14-11(17(18,19)20)9-21-15(24-14)23-12-8-13(27)26(10-22-12)6-3-7-28-2/h8-10H,3-7H2,1-2H3,(H2,21,23,24,25). The molecule has 8 nitrogen and oxygen atoms in total. The molecule has 2 aromatic heterocycles. The zero-order valence-electron chi connectivity index (χ0n) is 15.5. The molecule has 1 saturated carbocycles. The van der Waals surface area contributed by atoms with Crippen molar-refractivity contribution in [2.75, 3.05) is 24.4 Å². The summed E-state index contributed by atoms with van der Waals surface area (Å²) in [5, 5.41) is 5.52. The van der Waals surface area contributed by atoms with Gasteiger partial charge in [0.1, 0.15) is 17.2 Å². The summed E-state index contributed by atoms with van der Waals surface area (Å²) in [6.45, 7) is 2.79. The third-order valence-electron chi connectivity index (χ3n) is 4.38. The monoisotopic (exact) mass is 398 g/mol. The van der Waals surface area contributed by atoms with E-state index in [0.717, 1.165) is 19.0 Å². The third kappa shape index (κ3) is 4.97. The highest BCUT2D eigenvalue weighted by Crippen LogP contribution is 2.41. The maximum atomic E-state index is 13.2. The Labute approximate surface area is 159 Å². The van der Waals surface area contributed by atoms with E-state index in [-0.39, 0.29) is 23.1 Å². The van der Waals surface area contributed by atoms with E-state index in [4.69, 9.17) is 4.74 Å². The van der Waals surface area contributed by atoms with Crippen LogP contribution in [0.25, 0.3) is 0 Å². The van der Waals surface area contributed by atoms with Crippen LogP contribution in [-0.2, 0) is 17.5 Å². The molecule has 28 heavy (non-hydrogen) atoms. The van der Waals surface area contributed by atoms with Crippen molar-refractivity contribution >= 4 is 17.6 Å². The van der Waals surface area contributed by atoms with Gasteiger partial charge in [-0.3, -0.25) is 9.36 Å². The molecule has 0 unspecified atom stereocenters. The van der Waals surface area contributed by atoms with Crippen molar-refractivity contribution < 1.29 is 17.9 Å². The molecule has 0 spiro atoms. The molecule has 2 N–H and O–H groups in total. The van der Waals surface area contributed by atoms with Gasteiger partial charge in [0.25, 0.3) is 5.56 Å². The topological polar surface area (TPSA) is 94.0 Å². The summed E-state index contributed by atoms with van der Waals surface area (Å²) < 4.78 is 46.0. The molecule has 1 aliphatic carbocycles. The number of aromatic nitrogens is 4. The summed E-state index contributed by atoms with van der Waals surface area (Å²) >= 11 is 0. The minimum absolute atomic E-state index is 0.0798. The van der Waals surface area contributed by atoms with E-state index >= 15 is 0 Å². The second kappa shape index (κ2) is 7.74. The van der Waals surface area contributed by atoms with Gasteiger partial charge in [0.15, 0.2) is 0 Å². The number of methoxy groups -OCH3 is 1. The minimum atomic E-state index is -4.58. The number of nitrogens with zero attached hydrogens (tertiary/aromatic N) is 4. The second-order valence-corrected chi connectivity index (χ2v) is 6.92. The quantitative estimate of drug-likeness (QED) is 0.661. The summed E-state index contributed by atoms with van der Waals surface area (Å²) in [6.07, 6.45) is -0.322. The predicted octanol–water partition coefficient (Wildman–Crippen LogP) is 2.80. The van der Waals surface area contributed by atoms with Crippen molar-refractivity contribution in [1.29, 1.82) is 0 Å². The summed E-state index contributed by atoms with van der Waals surface area (Å²) in [6, 6.07) is 1.24. The van der Waals surface area contributed by atoms with E-state index in [1.54, 1.807) is 7.11 Å². The van der Waals surface area contributed by atoms with E-state index in [0.29, 0.717) is 19.6 Å². The van der Waals surface area contributed by atoms with Crippen LogP contribution in [-0.4, -0.2) is 38.8 Å². The van der Waals surface area contributed by atoms with E-state index in [1.165, 1.54) is 17.0 Å². The van der Waals surface area contributed by atoms with Gasteiger partial charge < -0.3 is 15.4 Å². The lowest BCUT2D eigenvalue weighted by Gasteiger charge is -2.18. The van der Waals surface area contributed by atoms with Crippen LogP contribution in [0.5, 0.6) is 0 Å². The average Bonchev–Trinajstić information content (AvgIpc) is 3.33. The van der Waals surface area contributed by atoms with E-state index in [9.17, 15) is 18.0 Å². The summed E-state index contributed by atoms with van der Waals surface area (Å²) in [7, 11) is 1.57. The molecule has 1 fully saturated rings. The highest BCUT2D eigenvalue weighted by Gasteiger charge is 2.41. The van der Waals surface area contributed by atoms with E-state index < -0.39 is 17.3 Å². The van der Waals surface area contributed by atoms with Crippen molar-refractivity contribution in [3.8, 4) is 0 Å². The molecular weight excluding hydrogens is 377 g/mol. The number of anilines is 3. The van der Waals surface area contributed by atoms with Crippen molar-refractivity contribution in [3.05, 3.63) is 34.5 Å².